The van der Waals surface area contributed by atoms with Crippen LogP contribution in [0.5, 0.6) is 0 Å². The highest BCUT2D eigenvalue weighted by Gasteiger charge is 2.32. The van der Waals surface area contributed by atoms with Crippen molar-refractivity contribution in [1.82, 2.24) is 4.90 Å². The molecule has 0 aromatic carbocycles. The fraction of sp³-hybridized carbons (Fsp3) is 0.875. The van der Waals surface area contributed by atoms with Crippen LogP contribution in [0.15, 0.2) is 0 Å². The number of hydrogen-bond donors (Lipinski definition) is 0. The number of carbonyl (C=O) groups excluding carboxylic acids is 1. The summed E-state index contributed by atoms with van der Waals surface area (Å²) in [6, 6.07) is 0. The van der Waals surface area contributed by atoms with Gasteiger partial charge in [0, 0.05) is 19.0 Å². The van der Waals surface area contributed by atoms with E-state index in [1.165, 1.54) is 7.11 Å². The molecule has 1 aliphatic rings. The summed E-state index contributed by atoms with van der Waals surface area (Å²) in [5.41, 5.74) is 0. The van der Waals surface area contributed by atoms with Crippen molar-refractivity contribution in [3.05, 3.63) is 0 Å². The first-order valence-corrected chi connectivity index (χ1v) is 4.03. The monoisotopic (exact) mass is 175 g/mol. The molecule has 0 unspecified atom stereocenters. The van der Waals surface area contributed by atoms with Crippen LogP contribution in [0.25, 0.3) is 0 Å². The lowest BCUT2D eigenvalue weighted by molar-refractivity contribution is -0.142. The molecule has 3 nitrogen and oxygen atoms in total. The van der Waals surface area contributed by atoms with Gasteiger partial charge in [-0.25, -0.2) is 4.39 Å². The highest BCUT2D eigenvalue weighted by atomic mass is 19.1. The average molecular weight is 175 g/mol. The molecule has 0 spiro atoms. The summed E-state index contributed by atoms with van der Waals surface area (Å²) in [6.45, 7) is 1.08. The quantitative estimate of drug-likeness (QED) is 0.571. The molecule has 0 bridgehead atoms. The lowest BCUT2D eigenvalue weighted by Gasteiger charge is -2.09. The van der Waals surface area contributed by atoms with Crippen LogP contribution < -0.4 is 0 Å². The van der Waals surface area contributed by atoms with Crippen molar-refractivity contribution >= 4 is 5.97 Å². The molecule has 2 atom stereocenters. The zero-order valence-electron chi connectivity index (χ0n) is 7.42. The number of nitrogens with zero attached hydrogens (tertiary/aromatic N) is 1. The van der Waals surface area contributed by atoms with Gasteiger partial charge >= 0.3 is 5.97 Å². The molecule has 1 fully saturated rings. The molecule has 1 saturated heterocycles. The average Bonchev–Trinajstić information content (AvgIpc) is 2.30. The Labute approximate surface area is 71.5 Å². The molecule has 0 aromatic rings. The number of halogens is 1. The van der Waals surface area contributed by atoms with E-state index < -0.39 is 6.17 Å². The zero-order chi connectivity index (χ0) is 9.14. The highest BCUT2D eigenvalue weighted by Crippen LogP contribution is 2.21. The molecule has 0 saturated carbocycles. The number of esters is 1. The topological polar surface area (TPSA) is 29.5 Å². The first-order chi connectivity index (χ1) is 5.63. The van der Waals surface area contributed by atoms with Gasteiger partial charge in [0.15, 0.2) is 0 Å². The van der Waals surface area contributed by atoms with Crippen molar-refractivity contribution in [2.75, 3.05) is 27.2 Å². The van der Waals surface area contributed by atoms with Crippen molar-refractivity contribution in [2.45, 2.75) is 12.6 Å². The van der Waals surface area contributed by atoms with Gasteiger partial charge in [0.1, 0.15) is 6.17 Å². The molecular formula is C8H14FNO2. The number of methoxy groups -OCH3 is 1. The Hall–Kier alpha value is -0.640. The Balaban J connectivity index is 2.37. The van der Waals surface area contributed by atoms with Crippen LogP contribution in [-0.2, 0) is 9.53 Å². The molecule has 0 radical (unpaired) electrons. The Morgan fingerprint density at radius 3 is 2.75 bits per heavy atom. The number of ether oxygens (including phenoxy) is 1. The molecular weight excluding hydrogens is 161 g/mol. The second-order valence-electron chi connectivity index (χ2n) is 3.28. The molecule has 4 heteroatoms. The third-order valence-corrected chi connectivity index (χ3v) is 2.20. The van der Waals surface area contributed by atoms with E-state index >= 15 is 0 Å². The van der Waals surface area contributed by atoms with E-state index in [2.05, 4.69) is 4.74 Å². The summed E-state index contributed by atoms with van der Waals surface area (Å²) >= 11 is 0. The van der Waals surface area contributed by atoms with Crippen LogP contribution in [0.3, 0.4) is 0 Å². The van der Waals surface area contributed by atoms with Crippen LogP contribution in [-0.4, -0.2) is 44.3 Å². The van der Waals surface area contributed by atoms with Gasteiger partial charge in [0.25, 0.3) is 0 Å². The SMILES string of the molecule is COC(=O)C[C@H]1CN(C)C[C@H]1F. The summed E-state index contributed by atoms with van der Waals surface area (Å²) in [5, 5.41) is 0. The van der Waals surface area contributed by atoms with Gasteiger partial charge in [-0.05, 0) is 7.05 Å². The van der Waals surface area contributed by atoms with E-state index in [4.69, 9.17) is 0 Å². The maximum absolute atomic E-state index is 13.1. The van der Waals surface area contributed by atoms with Crippen molar-refractivity contribution < 1.29 is 13.9 Å². The number of rotatable bonds is 2. The normalized spacial score (nSPS) is 30.6. The van der Waals surface area contributed by atoms with E-state index in [0.717, 1.165) is 0 Å². The van der Waals surface area contributed by atoms with Crippen LogP contribution in [0.1, 0.15) is 6.42 Å². The van der Waals surface area contributed by atoms with Crippen LogP contribution in [0, 0.1) is 5.92 Å². The Morgan fingerprint density at radius 2 is 2.33 bits per heavy atom. The Bertz CT molecular complexity index is 174. The predicted molar refractivity (Wildman–Crippen MR) is 42.5 cm³/mol. The molecule has 0 aromatic heterocycles. The fourth-order valence-electron chi connectivity index (χ4n) is 1.53. The summed E-state index contributed by atoms with van der Waals surface area (Å²) in [7, 11) is 3.18. The summed E-state index contributed by atoms with van der Waals surface area (Å²) in [5.74, 6) is -0.500. The van der Waals surface area contributed by atoms with Gasteiger partial charge in [-0.3, -0.25) is 4.79 Å². The number of carbonyl (C=O) groups is 1. The molecule has 1 rings (SSSR count). The number of likely N-dealkylation sites (tertiary alicyclic amines) is 1. The van der Waals surface area contributed by atoms with Crippen LogP contribution >= 0.6 is 0 Å². The van der Waals surface area contributed by atoms with E-state index in [-0.39, 0.29) is 18.3 Å². The van der Waals surface area contributed by atoms with Crippen molar-refractivity contribution in [2.24, 2.45) is 5.92 Å². The van der Waals surface area contributed by atoms with E-state index in [1.807, 2.05) is 11.9 Å². The van der Waals surface area contributed by atoms with Gasteiger partial charge in [0.2, 0.25) is 0 Å². The van der Waals surface area contributed by atoms with Gasteiger partial charge in [-0.2, -0.15) is 0 Å². The summed E-state index contributed by atoms with van der Waals surface area (Å²) in [4.78, 5) is 12.7. The first kappa shape index (κ1) is 9.45. The standard InChI is InChI=1S/C8H14FNO2/c1-10-4-6(7(9)5-10)3-8(11)12-2/h6-7H,3-5H2,1-2H3/t6-,7+/m0/s1. The maximum atomic E-state index is 13.1. The van der Waals surface area contributed by atoms with Crippen LogP contribution in [0.4, 0.5) is 4.39 Å². The molecule has 1 heterocycles. The lowest BCUT2D eigenvalue weighted by atomic mass is 10.0. The van der Waals surface area contributed by atoms with Gasteiger partial charge in [-0.1, -0.05) is 0 Å². The van der Waals surface area contributed by atoms with Crippen LogP contribution in [0.2, 0.25) is 0 Å². The van der Waals surface area contributed by atoms with Gasteiger partial charge in [-0.15, -0.1) is 0 Å². The minimum absolute atomic E-state index is 0.178. The fourth-order valence-corrected chi connectivity index (χ4v) is 1.53. The highest BCUT2D eigenvalue weighted by molar-refractivity contribution is 5.69. The minimum Gasteiger partial charge on any atom is -0.469 e. The first-order valence-electron chi connectivity index (χ1n) is 4.03. The van der Waals surface area contributed by atoms with Gasteiger partial charge < -0.3 is 9.64 Å². The van der Waals surface area contributed by atoms with Gasteiger partial charge in [0.05, 0.1) is 13.5 Å². The number of hydrogen-bond acceptors (Lipinski definition) is 3. The van der Waals surface area contributed by atoms with E-state index in [0.29, 0.717) is 13.1 Å². The van der Waals surface area contributed by atoms with E-state index in [9.17, 15) is 9.18 Å². The molecule has 12 heavy (non-hydrogen) atoms. The molecule has 0 amide bonds. The lowest BCUT2D eigenvalue weighted by Crippen LogP contribution is -2.18. The maximum Gasteiger partial charge on any atom is 0.305 e. The second kappa shape index (κ2) is 3.85. The van der Waals surface area contributed by atoms with Crippen molar-refractivity contribution in [3.8, 4) is 0 Å². The smallest absolute Gasteiger partial charge is 0.305 e. The predicted octanol–water partition coefficient (Wildman–Crippen LogP) is 0.449. The molecule has 1 aliphatic heterocycles. The Kier molecular flexibility index (Phi) is 3.03. The second-order valence-corrected chi connectivity index (χ2v) is 3.28. The van der Waals surface area contributed by atoms with Crippen molar-refractivity contribution in [3.63, 3.8) is 0 Å². The molecule has 0 aliphatic carbocycles. The third-order valence-electron chi connectivity index (χ3n) is 2.20. The largest absolute Gasteiger partial charge is 0.469 e. The van der Waals surface area contributed by atoms with Crippen molar-refractivity contribution in [1.29, 1.82) is 0 Å². The molecule has 0 N–H and O–H groups in total. The third kappa shape index (κ3) is 2.17. The van der Waals surface area contributed by atoms with E-state index in [1.54, 1.807) is 0 Å². The summed E-state index contributed by atoms with van der Waals surface area (Å²) in [6.07, 6.45) is -0.684. The zero-order valence-corrected chi connectivity index (χ0v) is 7.42. The minimum atomic E-state index is -0.880. The Morgan fingerprint density at radius 1 is 1.67 bits per heavy atom. The number of alkyl halides is 1. The summed E-state index contributed by atoms with van der Waals surface area (Å²) < 4.78 is 17.6. The molecule has 70 valence electrons.